The second-order valence-corrected chi connectivity index (χ2v) is 5.18. The Bertz CT molecular complexity index is 493. The minimum absolute atomic E-state index is 0.315. The Morgan fingerprint density at radius 2 is 2.31 bits per heavy atom. The Hall–Kier alpha value is -1.06. The van der Waals surface area contributed by atoms with Gasteiger partial charge in [0.15, 0.2) is 0 Å². The molecule has 16 heavy (non-hydrogen) atoms. The summed E-state index contributed by atoms with van der Waals surface area (Å²) < 4.78 is 6.92. The highest BCUT2D eigenvalue weighted by molar-refractivity contribution is 7.17. The quantitative estimate of drug-likeness (QED) is 0.857. The third-order valence-electron chi connectivity index (χ3n) is 3.20. The van der Waals surface area contributed by atoms with Crippen LogP contribution in [0.1, 0.15) is 13.3 Å². The van der Waals surface area contributed by atoms with Gasteiger partial charge in [0, 0.05) is 6.61 Å². The van der Waals surface area contributed by atoms with Crippen molar-refractivity contribution in [1.29, 1.82) is 0 Å². The molecule has 1 N–H and O–H groups in total. The topological polar surface area (TPSA) is 21.3 Å². The van der Waals surface area contributed by atoms with Crippen LogP contribution in [0.3, 0.4) is 0 Å². The maximum atomic E-state index is 5.57. The van der Waals surface area contributed by atoms with Crippen LogP contribution in [0.5, 0.6) is 0 Å². The van der Waals surface area contributed by atoms with Crippen LogP contribution in [0.25, 0.3) is 10.1 Å². The van der Waals surface area contributed by atoms with Crippen LogP contribution in [0, 0.1) is 0 Å². The van der Waals surface area contributed by atoms with Crippen LogP contribution in [0.15, 0.2) is 29.6 Å². The Morgan fingerprint density at radius 1 is 1.38 bits per heavy atom. The van der Waals surface area contributed by atoms with Gasteiger partial charge in [-0.3, -0.25) is 0 Å². The summed E-state index contributed by atoms with van der Waals surface area (Å²) >= 11 is 1.80. The largest absolute Gasteiger partial charge is 0.378 e. The molecule has 0 radical (unpaired) electrons. The number of ether oxygens (including phenoxy) is 1. The first-order valence-corrected chi connectivity index (χ1v) is 6.57. The summed E-state index contributed by atoms with van der Waals surface area (Å²) in [7, 11) is 0. The Labute approximate surface area is 99.2 Å². The van der Waals surface area contributed by atoms with Crippen molar-refractivity contribution in [3.63, 3.8) is 0 Å². The van der Waals surface area contributed by atoms with Crippen molar-refractivity contribution in [2.75, 3.05) is 11.9 Å². The third kappa shape index (κ3) is 1.70. The van der Waals surface area contributed by atoms with E-state index in [0.717, 1.165) is 13.0 Å². The fourth-order valence-electron chi connectivity index (χ4n) is 2.23. The number of benzene rings is 1. The van der Waals surface area contributed by atoms with Crippen molar-refractivity contribution >= 4 is 27.1 Å². The minimum atomic E-state index is 0.315. The molecule has 1 fully saturated rings. The Kier molecular flexibility index (Phi) is 2.58. The molecule has 0 aliphatic carbocycles. The highest BCUT2D eigenvalue weighted by Crippen LogP contribution is 2.30. The van der Waals surface area contributed by atoms with E-state index in [1.165, 1.54) is 15.8 Å². The third-order valence-corrected chi connectivity index (χ3v) is 4.16. The predicted octanol–water partition coefficient (Wildman–Crippen LogP) is 3.49. The average molecular weight is 233 g/mol. The Morgan fingerprint density at radius 3 is 3.12 bits per heavy atom. The zero-order chi connectivity index (χ0) is 11.0. The van der Waals surface area contributed by atoms with Crippen LogP contribution >= 0.6 is 11.3 Å². The van der Waals surface area contributed by atoms with E-state index in [-0.39, 0.29) is 0 Å². The van der Waals surface area contributed by atoms with E-state index < -0.39 is 0 Å². The predicted molar refractivity (Wildman–Crippen MR) is 69.3 cm³/mol. The molecule has 1 aromatic carbocycles. The maximum absolute atomic E-state index is 5.57. The van der Waals surface area contributed by atoms with Crippen molar-refractivity contribution in [3.8, 4) is 0 Å². The molecule has 2 unspecified atom stereocenters. The van der Waals surface area contributed by atoms with Gasteiger partial charge in [0.25, 0.3) is 0 Å². The van der Waals surface area contributed by atoms with Gasteiger partial charge >= 0.3 is 0 Å². The molecule has 1 saturated heterocycles. The van der Waals surface area contributed by atoms with Crippen LogP contribution in [-0.2, 0) is 4.74 Å². The molecule has 2 heterocycles. The number of hydrogen-bond donors (Lipinski definition) is 1. The lowest BCUT2D eigenvalue weighted by atomic mass is 10.1. The van der Waals surface area contributed by atoms with Crippen LogP contribution in [0.2, 0.25) is 0 Å². The molecule has 1 aliphatic rings. The van der Waals surface area contributed by atoms with E-state index in [1.54, 1.807) is 11.3 Å². The Balaban J connectivity index is 1.91. The highest BCUT2D eigenvalue weighted by Gasteiger charge is 2.24. The monoisotopic (exact) mass is 233 g/mol. The minimum Gasteiger partial charge on any atom is -0.378 e. The fraction of sp³-hybridized carbons (Fsp3) is 0.385. The second kappa shape index (κ2) is 4.07. The van der Waals surface area contributed by atoms with Crippen molar-refractivity contribution in [1.82, 2.24) is 0 Å². The number of fused-ring (bicyclic) bond motifs is 1. The van der Waals surface area contributed by atoms with Crippen molar-refractivity contribution in [2.45, 2.75) is 25.5 Å². The van der Waals surface area contributed by atoms with E-state index in [2.05, 4.69) is 41.9 Å². The van der Waals surface area contributed by atoms with Gasteiger partial charge in [-0.2, -0.15) is 0 Å². The van der Waals surface area contributed by atoms with Gasteiger partial charge in [0.2, 0.25) is 0 Å². The van der Waals surface area contributed by atoms with Crippen LogP contribution < -0.4 is 5.32 Å². The zero-order valence-electron chi connectivity index (χ0n) is 9.27. The number of thiophene rings is 1. The molecule has 0 bridgehead atoms. The van der Waals surface area contributed by atoms with Crippen molar-refractivity contribution < 1.29 is 4.74 Å². The first kappa shape index (κ1) is 10.1. The highest BCUT2D eigenvalue weighted by atomic mass is 32.1. The molecule has 0 spiro atoms. The van der Waals surface area contributed by atoms with Gasteiger partial charge in [-0.1, -0.05) is 12.1 Å². The summed E-state index contributed by atoms with van der Waals surface area (Å²) in [4.78, 5) is 0. The molecule has 3 rings (SSSR count). The maximum Gasteiger partial charge on any atom is 0.0748 e. The summed E-state index contributed by atoms with van der Waals surface area (Å²) in [6.45, 7) is 3.01. The van der Waals surface area contributed by atoms with Crippen molar-refractivity contribution in [2.24, 2.45) is 0 Å². The standard InChI is InChI=1S/C13H15NOS/c1-9-11(5-7-15-9)14-12-4-2-3-10-6-8-16-13(10)12/h2-4,6,8-9,11,14H,5,7H2,1H3. The van der Waals surface area contributed by atoms with Gasteiger partial charge in [-0.15, -0.1) is 11.3 Å². The van der Waals surface area contributed by atoms with Crippen molar-refractivity contribution in [3.05, 3.63) is 29.6 Å². The van der Waals surface area contributed by atoms with E-state index in [1.807, 2.05) is 0 Å². The van der Waals surface area contributed by atoms with Gasteiger partial charge in [-0.05, 0) is 36.2 Å². The zero-order valence-corrected chi connectivity index (χ0v) is 10.1. The molecule has 84 valence electrons. The number of nitrogens with one attached hydrogen (secondary N) is 1. The van der Waals surface area contributed by atoms with Gasteiger partial charge in [0.05, 0.1) is 22.5 Å². The lowest BCUT2D eigenvalue weighted by molar-refractivity contribution is 0.121. The summed E-state index contributed by atoms with van der Waals surface area (Å²) in [6, 6.07) is 9.04. The molecule has 2 nitrogen and oxygen atoms in total. The molecular formula is C13H15NOS. The molecule has 3 heteroatoms. The molecule has 2 aromatic rings. The lowest BCUT2D eigenvalue weighted by Gasteiger charge is -2.17. The molecule has 1 aromatic heterocycles. The number of rotatable bonds is 2. The smallest absolute Gasteiger partial charge is 0.0748 e. The molecule has 0 amide bonds. The van der Waals surface area contributed by atoms with Gasteiger partial charge in [0.1, 0.15) is 0 Å². The first-order chi connectivity index (χ1) is 7.84. The van der Waals surface area contributed by atoms with E-state index in [4.69, 9.17) is 4.74 Å². The SMILES string of the molecule is CC1OCCC1Nc1cccc2ccsc12. The van der Waals surface area contributed by atoms with E-state index in [0.29, 0.717) is 12.1 Å². The summed E-state index contributed by atoms with van der Waals surface area (Å²) in [6.07, 6.45) is 1.42. The lowest BCUT2D eigenvalue weighted by Crippen LogP contribution is -2.26. The molecule has 1 aliphatic heterocycles. The van der Waals surface area contributed by atoms with E-state index in [9.17, 15) is 0 Å². The first-order valence-electron chi connectivity index (χ1n) is 5.69. The molecule has 2 atom stereocenters. The summed E-state index contributed by atoms with van der Waals surface area (Å²) in [5, 5.41) is 7.07. The molecular weight excluding hydrogens is 218 g/mol. The molecule has 0 saturated carbocycles. The van der Waals surface area contributed by atoms with E-state index >= 15 is 0 Å². The van der Waals surface area contributed by atoms with Gasteiger partial charge < -0.3 is 10.1 Å². The van der Waals surface area contributed by atoms with Gasteiger partial charge in [-0.25, -0.2) is 0 Å². The normalized spacial score (nSPS) is 25.1. The summed E-state index contributed by atoms with van der Waals surface area (Å²) in [5.41, 5.74) is 1.25. The number of anilines is 1. The summed E-state index contributed by atoms with van der Waals surface area (Å²) in [5.74, 6) is 0. The fourth-order valence-corrected chi connectivity index (χ4v) is 3.10. The number of hydrogen-bond acceptors (Lipinski definition) is 3. The van der Waals surface area contributed by atoms with Crippen LogP contribution in [0.4, 0.5) is 5.69 Å². The van der Waals surface area contributed by atoms with Crippen LogP contribution in [-0.4, -0.2) is 18.8 Å². The second-order valence-electron chi connectivity index (χ2n) is 4.26. The average Bonchev–Trinajstić information content (AvgIpc) is 2.89.